The molecule has 0 aliphatic carbocycles. The molecule has 0 saturated heterocycles. The summed E-state index contributed by atoms with van der Waals surface area (Å²) in [5.74, 6) is 0.0678. The lowest BCUT2D eigenvalue weighted by atomic mass is 9.79. The molecule has 5 rings (SSSR count). The van der Waals surface area contributed by atoms with Gasteiger partial charge in [-0.15, -0.1) is 0 Å². The molecule has 196 valence electrons. The molecule has 0 bridgehead atoms. The molecule has 38 heavy (non-hydrogen) atoms. The lowest BCUT2D eigenvalue weighted by Gasteiger charge is -2.41. The predicted octanol–water partition coefficient (Wildman–Crippen LogP) is 4.76. The summed E-state index contributed by atoms with van der Waals surface area (Å²) < 4.78 is 18.2. The Morgan fingerprint density at radius 2 is 1.66 bits per heavy atom. The van der Waals surface area contributed by atoms with Crippen molar-refractivity contribution < 1.29 is 23.8 Å². The molecule has 2 heterocycles. The Balaban J connectivity index is 1.66. The Morgan fingerprint density at radius 1 is 0.921 bits per heavy atom. The molecule has 8 nitrogen and oxygen atoms in total. The second kappa shape index (κ2) is 10.6. The standard InChI is InChI=1S/C30H31N3O5/c1-32-18-23(20-9-7-8-12-24(20)32)28-27(29(34)31-19-13-14-25(37-3)26(17-19)38-4)21-10-5-6-11-22(21)30(35)33(28)15-16-36-2/h5-14,17-18,27-28H,15-16H2,1-4H3,(H,31,34)/t27-,28+/m1/s1. The number of ether oxygens (including phenoxy) is 3. The number of fused-ring (bicyclic) bond motifs is 2. The third kappa shape index (κ3) is 4.37. The molecule has 1 N–H and O–H groups in total. The average Bonchev–Trinajstić information content (AvgIpc) is 3.28. The van der Waals surface area contributed by atoms with E-state index in [9.17, 15) is 9.59 Å². The summed E-state index contributed by atoms with van der Waals surface area (Å²) in [6.07, 6.45) is 2.02. The number of aryl methyl sites for hydroxylation is 1. The zero-order valence-electron chi connectivity index (χ0n) is 21.9. The van der Waals surface area contributed by atoms with E-state index in [0.29, 0.717) is 41.5 Å². The number of carbonyl (C=O) groups is 2. The zero-order chi connectivity index (χ0) is 26.8. The molecule has 2 atom stereocenters. The minimum atomic E-state index is -0.667. The van der Waals surface area contributed by atoms with E-state index in [0.717, 1.165) is 16.5 Å². The van der Waals surface area contributed by atoms with Crippen LogP contribution in [0, 0.1) is 0 Å². The van der Waals surface area contributed by atoms with Gasteiger partial charge in [-0.1, -0.05) is 36.4 Å². The van der Waals surface area contributed by atoms with Crippen LogP contribution in [0.3, 0.4) is 0 Å². The van der Waals surface area contributed by atoms with Crippen molar-refractivity contribution in [2.75, 3.05) is 39.8 Å². The van der Waals surface area contributed by atoms with Crippen LogP contribution in [0.15, 0.2) is 72.9 Å². The van der Waals surface area contributed by atoms with Crippen molar-refractivity contribution in [3.8, 4) is 11.5 Å². The van der Waals surface area contributed by atoms with Crippen molar-refractivity contribution in [1.82, 2.24) is 9.47 Å². The van der Waals surface area contributed by atoms with Crippen molar-refractivity contribution in [1.29, 1.82) is 0 Å². The van der Waals surface area contributed by atoms with E-state index in [1.807, 2.05) is 60.3 Å². The van der Waals surface area contributed by atoms with Gasteiger partial charge in [0.25, 0.3) is 5.91 Å². The number of benzene rings is 3. The number of anilines is 1. The Labute approximate surface area is 221 Å². The highest BCUT2D eigenvalue weighted by atomic mass is 16.5. The smallest absolute Gasteiger partial charge is 0.254 e. The summed E-state index contributed by atoms with van der Waals surface area (Å²) >= 11 is 0. The topological polar surface area (TPSA) is 82.0 Å². The number of hydrogen-bond acceptors (Lipinski definition) is 5. The summed E-state index contributed by atoms with van der Waals surface area (Å²) in [5, 5.41) is 4.07. The number of carbonyl (C=O) groups excluding carboxylic acids is 2. The van der Waals surface area contributed by atoms with Crippen LogP contribution in [0.25, 0.3) is 10.9 Å². The maximum atomic E-state index is 14.2. The van der Waals surface area contributed by atoms with Crippen LogP contribution >= 0.6 is 0 Å². The first-order valence-corrected chi connectivity index (χ1v) is 12.4. The number of amides is 2. The van der Waals surface area contributed by atoms with Crippen molar-refractivity contribution in [3.05, 3.63) is 89.6 Å². The fourth-order valence-corrected chi connectivity index (χ4v) is 5.40. The Bertz CT molecular complexity index is 1490. The van der Waals surface area contributed by atoms with Crippen LogP contribution < -0.4 is 14.8 Å². The van der Waals surface area contributed by atoms with Crippen molar-refractivity contribution in [2.24, 2.45) is 7.05 Å². The van der Waals surface area contributed by atoms with E-state index in [2.05, 4.69) is 5.32 Å². The third-order valence-electron chi connectivity index (χ3n) is 7.15. The van der Waals surface area contributed by atoms with Crippen LogP contribution in [0.1, 0.15) is 33.4 Å². The maximum Gasteiger partial charge on any atom is 0.254 e. The highest BCUT2D eigenvalue weighted by Gasteiger charge is 2.45. The van der Waals surface area contributed by atoms with Gasteiger partial charge in [0.05, 0.1) is 32.8 Å². The van der Waals surface area contributed by atoms with Gasteiger partial charge < -0.3 is 29.0 Å². The van der Waals surface area contributed by atoms with Crippen molar-refractivity contribution in [2.45, 2.75) is 12.0 Å². The van der Waals surface area contributed by atoms with Crippen molar-refractivity contribution in [3.63, 3.8) is 0 Å². The Hall–Kier alpha value is -4.30. The number of nitrogens with one attached hydrogen (secondary N) is 1. The number of aromatic nitrogens is 1. The van der Waals surface area contributed by atoms with Crippen LogP contribution in [-0.4, -0.2) is 55.8 Å². The van der Waals surface area contributed by atoms with Gasteiger partial charge >= 0.3 is 0 Å². The quantitative estimate of drug-likeness (QED) is 0.367. The number of hydrogen-bond donors (Lipinski definition) is 1. The number of nitrogens with zero attached hydrogens (tertiary/aromatic N) is 2. The average molecular weight is 514 g/mol. The van der Waals surface area contributed by atoms with Crippen LogP contribution in [0.4, 0.5) is 5.69 Å². The van der Waals surface area contributed by atoms with Crippen LogP contribution in [0.2, 0.25) is 0 Å². The first-order valence-electron chi connectivity index (χ1n) is 12.4. The van der Waals surface area contributed by atoms with E-state index in [4.69, 9.17) is 14.2 Å². The second-order valence-corrected chi connectivity index (χ2v) is 9.27. The van der Waals surface area contributed by atoms with Gasteiger partial charge in [0.2, 0.25) is 5.91 Å². The number of para-hydroxylation sites is 1. The fourth-order valence-electron chi connectivity index (χ4n) is 5.40. The second-order valence-electron chi connectivity index (χ2n) is 9.27. The molecule has 2 amide bonds. The normalized spacial score (nSPS) is 16.8. The minimum absolute atomic E-state index is 0.120. The van der Waals surface area contributed by atoms with Gasteiger partial charge in [0.1, 0.15) is 0 Å². The summed E-state index contributed by atoms with van der Waals surface area (Å²) in [7, 11) is 6.70. The van der Waals surface area contributed by atoms with E-state index < -0.39 is 12.0 Å². The van der Waals surface area contributed by atoms with Gasteiger partial charge in [-0.3, -0.25) is 9.59 Å². The molecule has 4 aromatic rings. The molecule has 1 aromatic heterocycles. The molecule has 8 heteroatoms. The van der Waals surface area contributed by atoms with Crippen molar-refractivity contribution >= 4 is 28.4 Å². The molecular weight excluding hydrogens is 482 g/mol. The highest BCUT2D eigenvalue weighted by Crippen LogP contribution is 2.45. The lowest BCUT2D eigenvalue weighted by Crippen LogP contribution is -2.47. The number of rotatable bonds is 8. The predicted molar refractivity (Wildman–Crippen MR) is 146 cm³/mol. The monoisotopic (exact) mass is 513 g/mol. The fraction of sp³-hybridized carbons (Fsp3) is 0.267. The molecule has 1 aliphatic rings. The minimum Gasteiger partial charge on any atom is -0.493 e. The third-order valence-corrected chi connectivity index (χ3v) is 7.15. The van der Waals surface area contributed by atoms with Gasteiger partial charge in [0.15, 0.2) is 11.5 Å². The van der Waals surface area contributed by atoms with Gasteiger partial charge in [-0.2, -0.15) is 0 Å². The van der Waals surface area contributed by atoms with E-state index >= 15 is 0 Å². The van der Waals surface area contributed by atoms with Gasteiger partial charge in [-0.25, -0.2) is 0 Å². The largest absolute Gasteiger partial charge is 0.493 e. The summed E-state index contributed by atoms with van der Waals surface area (Å²) in [6, 6.07) is 20.1. The molecule has 1 aliphatic heterocycles. The van der Waals surface area contributed by atoms with Gasteiger partial charge in [0, 0.05) is 60.7 Å². The summed E-state index contributed by atoms with van der Waals surface area (Å²) in [5.41, 5.74) is 3.73. The lowest BCUT2D eigenvalue weighted by molar-refractivity contribution is -0.119. The summed E-state index contributed by atoms with van der Waals surface area (Å²) in [4.78, 5) is 29.8. The van der Waals surface area contributed by atoms with Crippen LogP contribution in [0.5, 0.6) is 11.5 Å². The maximum absolute atomic E-state index is 14.2. The SMILES string of the molecule is COCCN1C(=O)c2ccccc2[C@@H](C(=O)Nc2ccc(OC)c(OC)c2)[C@@H]1c1cn(C)c2ccccc12. The van der Waals surface area contributed by atoms with E-state index in [-0.39, 0.29) is 11.8 Å². The molecule has 0 radical (unpaired) electrons. The molecule has 0 spiro atoms. The molecule has 0 fully saturated rings. The Kier molecular flexibility index (Phi) is 7.07. The zero-order valence-corrected chi connectivity index (χ0v) is 21.9. The van der Waals surface area contributed by atoms with Gasteiger partial charge in [-0.05, 0) is 29.8 Å². The number of methoxy groups -OCH3 is 3. The molecule has 3 aromatic carbocycles. The summed E-state index contributed by atoms with van der Waals surface area (Å²) in [6.45, 7) is 0.691. The molecular formula is C30H31N3O5. The van der Waals surface area contributed by atoms with E-state index in [1.54, 1.807) is 50.5 Å². The van der Waals surface area contributed by atoms with Crippen LogP contribution in [-0.2, 0) is 16.6 Å². The molecule has 0 unspecified atom stereocenters. The first-order chi connectivity index (χ1) is 18.5. The Morgan fingerprint density at radius 3 is 2.42 bits per heavy atom. The first kappa shape index (κ1) is 25.4. The molecule has 0 saturated carbocycles. The van der Waals surface area contributed by atoms with E-state index in [1.165, 1.54) is 0 Å². The highest BCUT2D eigenvalue weighted by molar-refractivity contribution is 6.05.